The molecular weight excluding hydrogens is 512 g/mol. The van der Waals surface area contributed by atoms with E-state index in [9.17, 15) is 40.4 Å². The summed E-state index contributed by atoms with van der Waals surface area (Å²) in [4.78, 5) is 11.9. The molecular formula is C29H7F2N9. The van der Waals surface area contributed by atoms with Crippen LogP contribution in [-0.4, -0.2) is 15.0 Å². The molecule has 0 amide bonds. The zero-order valence-electron chi connectivity index (χ0n) is 19.8. The molecule has 9 nitrogen and oxygen atoms in total. The summed E-state index contributed by atoms with van der Waals surface area (Å²) in [5.74, 6) is -1.51. The predicted molar refractivity (Wildman–Crippen MR) is 134 cm³/mol. The Balaban J connectivity index is 1.92. The van der Waals surface area contributed by atoms with Crippen LogP contribution in [0.15, 0.2) is 54.0 Å². The molecule has 0 saturated heterocycles. The molecule has 3 aromatic rings. The summed E-state index contributed by atoms with van der Waals surface area (Å²) in [5, 5.41) is 59.4. The zero-order chi connectivity index (χ0) is 28.6. The fraction of sp³-hybridized carbons (Fsp3) is 0. The Morgan fingerprint density at radius 1 is 0.575 bits per heavy atom. The Labute approximate surface area is 224 Å². The Bertz CT molecular complexity index is 1870. The molecule has 0 N–H and O–H groups in total. The monoisotopic (exact) mass is 519 g/mol. The average molecular weight is 519 g/mol. The van der Waals surface area contributed by atoms with Crippen LogP contribution in [-0.2, 0) is 0 Å². The molecule has 5 rings (SSSR count). The maximum atomic E-state index is 13.6. The van der Waals surface area contributed by atoms with Crippen molar-refractivity contribution in [2.45, 2.75) is 0 Å². The Kier molecular flexibility index (Phi) is 5.96. The Morgan fingerprint density at radius 2 is 1.05 bits per heavy atom. The summed E-state index contributed by atoms with van der Waals surface area (Å²) >= 11 is 0. The first kappa shape index (κ1) is 24.9. The molecule has 0 fully saturated rings. The van der Waals surface area contributed by atoms with Crippen molar-refractivity contribution in [1.82, 2.24) is 15.0 Å². The van der Waals surface area contributed by atoms with Gasteiger partial charge in [0.1, 0.15) is 53.4 Å². The minimum Gasteiger partial charge on any atom is -0.253 e. The molecule has 1 aromatic carbocycles. The SMILES string of the molecule is N#CC(C#N)=C1C(c2ccc(F)cn2)=C(C#N)c2cc3c(cc21)C(C#N)=C(c1ncc(F)cn1)C3=C(C#N)C#N. The highest BCUT2D eigenvalue weighted by Gasteiger charge is 2.38. The average Bonchev–Trinajstić information content (AvgIpc) is 3.46. The highest BCUT2D eigenvalue weighted by molar-refractivity contribution is 6.29. The van der Waals surface area contributed by atoms with E-state index in [0.717, 1.165) is 24.7 Å². The van der Waals surface area contributed by atoms with Gasteiger partial charge in [-0.3, -0.25) is 4.98 Å². The molecule has 11 heteroatoms. The first-order chi connectivity index (χ1) is 19.4. The summed E-state index contributed by atoms with van der Waals surface area (Å²) in [5.41, 5.74) is 0.368. The van der Waals surface area contributed by atoms with Gasteiger partial charge >= 0.3 is 0 Å². The van der Waals surface area contributed by atoms with E-state index in [1.165, 1.54) is 18.2 Å². The molecule has 182 valence electrons. The van der Waals surface area contributed by atoms with Crippen molar-refractivity contribution in [3.8, 4) is 36.4 Å². The number of hydrogen-bond donors (Lipinski definition) is 0. The molecule has 2 aliphatic carbocycles. The Hall–Kier alpha value is -6.79. The minimum atomic E-state index is -0.746. The third kappa shape index (κ3) is 3.58. The summed E-state index contributed by atoms with van der Waals surface area (Å²) in [6.07, 6.45) is 2.67. The Morgan fingerprint density at radius 3 is 1.50 bits per heavy atom. The van der Waals surface area contributed by atoms with Gasteiger partial charge in [-0.1, -0.05) is 0 Å². The van der Waals surface area contributed by atoms with Gasteiger partial charge in [0.05, 0.1) is 35.4 Å². The second-order valence-corrected chi connectivity index (χ2v) is 8.20. The maximum Gasteiger partial charge on any atom is 0.161 e. The molecule has 0 saturated carbocycles. The second-order valence-electron chi connectivity index (χ2n) is 8.20. The van der Waals surface area contributed by atoms with Crippen LogP contribution in [0.2, 0.25) is 0 Å². The van der Waals surface area contributed by atoms with Gasteiger partial charge in [-0.05, 0) is 35.4 Å². The van der Waals surface area contributed by atoms with Crippen LogP contribution in [0, 0.1) is 79.6 Å². The lowest BCUT2D eigenvalue weighted by Gasteiger charge is -2.10. The fourth-order valence-corrected chi connectivity index (χ4v) is 4.69. The number of nitriles is 6. The molecule has 2 heterocycles. The van der Waals surface area contributed by atoms with E-state index in [4.69, 9.17) is 0 Å². The highest BCUT2D eigenvalue weighted by Crippen LogP contribution is 2.53. The maximum absolute atomic E-state index is 13.6. The smallest absolute Gasteiger partial charge is 0.161 e. The fourth-order valence-electron chi connectivity index (χ4n) is 4.69. The van der Waals surface area contributed by atoms with Gasteiger partial charge in [0.25, 0.3) is 0 Å². The number of hydrogen-bond acceptors (Lipinski definition) is 9. The number of fused-ring (bicyclic) bond motifs is 2. The summed E-state index contributed by atoms with van der Waals surface area (Å²) in [6, 6.07) is 16.6. The quantitative estimate of drug-likeness (QED) is 0.435. The van der Waals surface area contributed by atoms with Crippen LogP contribution in [0.1, 0.15) is 33.8 Å². The van der Waals surface area contributed by atoms with Crippen LogP contribution in [0.4, 0.5) is 8.78 Å². The summed E-state index contributed by atoms with van der Waals surface area (Å²) in [6.45, 7) is 0. The molecule has 0 bridgehead atoms. The van der Waals surface area contributed by atoms with E-state index >= 15 is 0 Å². The minimum absolute atomic E-state index is 0.00271. The van der Waals surface area contributed by atoms with Crippen LogP contribution in [0.5, 0.6) is 0 Å². The van der Waals surface area contributed by atoms with E-state index in [2.05, 4.69) is 21.0 Å². The predicted octanol–water partition coefficient (Wildman–Crippen LogP) is 4.65. The van der Waals surface area contributed by atoms with Crippen molar-refractivity contribution in [1.29, 1.82) is 31.6 Å². The number of allylic oxidation sites excluding steroid dienone is 8. The van der Waals surface area contributed by atoms with Crippen LogP contribution in [0.25, 0.3) is 33.4 Å². The molecule has 0 unspecified atom stereocenters. The van der Waals surface area contributed by atoms with Gasteiger partial charge in [-0.2, -0.15) is 31.6 Å². The molecule has 0 radical (unpaired) electrons. The largest absolute Gasteiger partial charge is 0.253 e. The molecule has 0 atom stereocenters. The lowest BCUT2D eigenvalue weighted by atomic mass is 9.91. The number of nitrogens with zero attached hydrogens (tertiary/aromatic N) is 9. The standard InChI is InChI=1S/C29H7F2N9/c30-16-1-2-24(38-11-16)27-22(9-36)18-3-21-19(4-20(18)25(27)14(5-32)6-33)23(10-37)28(26(21)15(7-34)8-35)29-39-12-17(31)13-40-29/h1-4,11-13H. The van der Waals surface area contributed by atoms with Gasteiger partial charge in [0.2, 0.25) is 0 Å². The third-order valence-corrected chi connectivity index (χ3v) is 6.23. The van der Waals surface area contributed by atoms with Crippen molar-refractivity contribution in [3.05, 3.63) is 99.4 Å². The van der Waals surface area contributed by atoms with E-state index < -0.39 is 11.6 Å². The van der Waals surface area contributed by atoms with Gasteiger partial charge in [0.15, 0.2) is 11.6 Å². The van der Waals surface area contributed by atoms with E-state index in [1.807, 2.05) is 18.2 Å². The van der Waals surface area contributed by atoms with Crippen molar-refractivity contribution in [2.75, 3.05) is 0 Å². The van der Waals surface area contributed by atoms with Gasteiger partial charge in [-0.25, -0.2) is 18.7 Å². The summed E-state index contributed by atoms with van der Waals surface area (Å²) in [7, 11) is 0. The van der Waals surface area contributed by atoms with Crippen LogP contribution in [0.3, 0.4) is 0 Å². The van der Waals surface area contributed by atoms with E-state index in [0.29, 0.717) is 0 Å². The number of halogens is 2. The topological polar surface area (TPSA) is 181 Å². The third-order valence-electron chi connectivity index (χ3n) is 6.23. The number of benzene rings is 1. The van der Waals surface area contributed by atoms with Gasteiger partial charge in [-0.15, -0.1) is 0 Å². The molecule has 2 aromatic heterocycles. The number of rotatable bonds is 2. The van der Waals surface area contributed by atoms with E-state index in [-0.39, 0.29) is 78.4 Å². The van der Waals surface area contributed by atoms with Crippen LogP contribution >= 0.6 is 0 Å². The van der Waals surface area contributed by atoms with Crippen molar-refractivity contribution in [3.63, 3.8) is 0 Å². The molecule has 2 aliphatic rings. The van der Waals surface area contributed by atoms with Crippen molar-refractivity contribution < 1.29 is 8.78 Å². The zero-order valence-corrected chi connectivity index (χ0v) is 19.8. The van der Waals surface area contributed by atoms with Gasteiger partial charge < -0.3 is 0 Å². The number of aromatic nitrogens is 3. The molecule has 40 heavy (non-hydrogen) atoms. The molecule has 0 spiro atoms. The first-order valence-electron chi connectivity index (χ1n) is 11.1. The lowest BCUT2D eigenvalue weighted by Crippen LogP contribution is -1.98. The molecule has 0 aliphatic heterocycles. The van der Waals surface area contributed by atoms with E-state index in [1.54, 1.807) is 12.1 Å². The second kappa shape index (κ2) is 9.59. The highest BCUT2D eigenvalue weighted by atomic mass is 19.1. The first-order valence-corrected chi connectivity index (χ1v) is 11.1. The lowest BCUT2D eigenvalue weighted by molar-refractivity contribution is 0.612. The van der Waals surface area contributed by atoms with Crippen molar-refractivity contribution in [2.24, 2.45) is 0 Å². The number of pyridine rings is 1. The summed E-state index contributed by atoms with van der Waals surface area (Å²) < 4.78 is 27.2. The van der Waals surface area contributed by atoms with Crippen LogP contribution < -0.4 is 0 Å². The van der Waals surface area contributed by atoms with Crippen molar-refractivity contribution >= 4 is 33.4 Å². The normalized spacial score (nSPS) is 12.8. The van der Waals surface area contributed by atoms with Gasteiger partial charge in [0, 0.05) is 33.4 Å².